The molecule has 0 aliphatic carbocycles. The van der Waals surface area contributed by atoms with Crippen molar-refractivity contribution in [3.05, 3.63) is 47.5 Å². The van der Waals surface area contributed by atoms with Crippen LogP contribution >= 0.6 is 11.6 Å². The van der Waals surface area contributed by atoms with Crippen LogP contribution in [0, 0.1) is 0 Å². The molecular weight excluding hydrogens is 352 g/mol. The summed E-state index contributed by atoms with van der Waals surface area (Å²) in [6.45, 7) is 1.38. The summed E-state index contributed by atoms with van der Waals surface area (Å²) in [6.07, 6.45) is 0. The molecule has 0 spiro atoms. The van der Waals surface area contributed by atoms with Gasteiger partial charge in [0, 0.05) is 19.7 Å². The third-order valence-electron chi connectivity index (χ3n) is 3.33. The lowest BCUT2D eigenvalue weighted by atomic mass is 10.3. The lowest BCUT2D eigenvalue weighted by Gasteiger charge is -2.20. The molecule has 0 saturated carbocycles. The first-order chi connectivity index (χ1) is 11.3. The number of hydrogen-bond donors (Lipinski definition) is 1. The molecule has 0 bridgehead atoms. The van der Waals surface area contributed by atoms with E-state index in [1.807, 2.05) is 0 Å². The number of anilines is 2. The van der Waals surface area contributed by atoms with Crippen molar-refractivity contribution >= 4 is 38.9 Å². The Hall–Kier alpha value is -2.25. The number of sulfonamides is 1. The second kappa shape index (κ2) is 7.11. The standard InChI is InChI=1S/C16H17ClN2O4S/c1-11(20)18-12-4-7-14(8-5-12)24(21,22)19(2)13-6-9-16(23-3)15(17)10-13/h4-10H,1-3H3,(H,18,20). The minimum atomic E-state index is -3.75. The summed E-state index contributed by atoms with van der Waals surface area (Å²) < 4.78 is 31.6. The van der Waals surface area contributed by atoms with Crippen LogP contribution in [0.1, 0.15) is 6.92 Å². The molecule has 1 amide bonds. The summed E-state index contributed by atoms with van der Waals surface area (Å²) in [4.78, 5) is 11.1. The van der Waals surface area contributed by atoms with Gasteiger partial charge in [-0.3, -0.25) is 9.10 Å². The molecule has 24 heavy (non-hydrogen) atoms. The number of nitrogens with one attached hydrogen (secondary N) is 1. The van der Waals surface area contributed by atoms with Gasteiger partial charge >= 0.3 is 0 Å². The van der Waals surface area contributed by atoms with Gasteiger partial charge in [-0.05, 0) is 42.5 Å². The Morgan fingerprint density at radius 3 is 2.29 bits per heavy atom. The quantitative estimate of drug-likeness (QED) is 0.879. The van der Waals surface area contributed by atoms with Crippen LogP contribution in [0.2, 0.25) is 5.02 Å². The predicted octanol–water partition coefficient (Wildman–Crippen LogP) is 3.13. The largest absolute Gasteiger partial charge is 0.495 e. The highest BCUT2D eigenvalue weighted by atomic mass is 35.5. The van der Waals surface area contributed by atoms with Crippen LogP contribution in [0.4, 0.5) is 11.4 Å². The Morgan fingerprint density at radius 1 is 1.17 bits per heavy atom. The van der Waals surface area contributed by atoms with Crippen molar-refractivity contribution in [3.8, 4) is 5.75 Å². The molecule has 0 atom stereocenters. The first kappa shape index (κ1) is 18.1. The highest BCUT2D eigenvalue weighted by Crippen LogP contribution is 2.31. The van der Waals surface area contributed by atoms with E-state index in [1.54, 1.807) is 12.1 Å². The van der Waals surface area contributed by atoms with Gasteiger partial charge in [0.1, 0.15) is 5.75 Å². The van der Waals surface area contributed by atoms with Crippen LogP contribution in [0.3, 0.4) is 0 Å². The SMILES string of the molecule is COc1ccc(N(C)S(=O)(=O)c2ccc(NC(C)=O)cc2)cc1Cl. The fourth-order valence-corrected chi connectivity index (χ4v) is 3.50. The molecule has 2 aromatic carbocycles. The van der Waals surface area contributed by atoms with Crippen molar-refractivity contribution in [1.82, 2.24) is 0 Å². The lowest BCUT2D eigenvalue weighted by Crippen LogP contribution is -2.26. The summed E-state index contributed by atoms with van der Waals surface area (Å²) in [7, 11) is -0.829. The fourth-order valence-electron chi connectivity index (χ4n) is 2.06. The zero-order valence-corrected chi connectivity index (χ0v) is 15.0. The van der Waals surface area contributed by atoms with Gasteiger partial charge in [-0.1, -0.05) is 11.6 Å². The fraction of sp³-hybridized carbons (Fsp3) is 0.188. The van der Waals surface area contributed by atoms with E-state index < -0.39 is 10.0 Å². The van der Waals surface area contributed by atoms with Gasteiger partial charge in [0.2, 0.25) is 5.91 Å². The average Bonchev–Trinajstić information content (AvgIpc) is 2.54. The summed E-state index contributed by atoms with van der Waals surface area (Å²) in [5.74, 6) is 0.237. The molecule has 0 aliphatic rings. The van der Waals surface area contributed by atoms with Crippen molar-refractivity contribution in [3.63, 3.8) is 0 Å². The zero-order valence-electron chi connectivity index (χ0n) is 13.4. The molecule has 128 valence electrons. The number of halogens is 1. The van der Waals surface area contributed by atoms with E-state index >= 15 is 0 Å². The third kappa shape index (κ3) is 3.80. The molecule has 2 rings (SSSR count). The normalized spacial score (nSPS) is 11.0. The Labute approximate surface area is 146 Å². The maximum atomic E-state index is 12.7. The van der Waals surface area contributed by atoms with Crippen molar-refractivity contribution < 1.29 is 17.9 Å². The molecule has 0 aliphatic heterocycles. The monoisotopic (exact) mass is 368 g/mol. The highest BCUT2D eigenvalue weighted by Gasteiger charge is 2.22. The van der Waals surface area contributed by atoms with Crippen molar-refractivity contribution in [2.75, 3.05) is 23.8 Å². The Morgan fingerprint density at radius 2 is 1.79 bits per heavy atom. The molecule has 1 N–H and O–H groups in total. The van der Waals surface area contributed by atoms with Gasteiger partial charge in [-0.25, -0.2) is 8.42 Å². The highest BCUT2D eigenvalue weighted by molar-refractivity contribution is 7.92. The van der Waals surface area contributed by atoms with Crippen LogP contribution < -0.4 is 14.4 Å². The van der Waals surface area contributed by atoms with E-state index in [0.29, 0.717) is 22.1 Å². The second-order valence-electron chi connectivity index (χ2n) is 5.00. The minimum absolute atomic E-state index is 0.103. The number of carbonyl (C=O) groups is 1. The maximum absolute atomic E-state index is 12.7. The Kier molecular flexibility index (Phi) is 5.36. The van der Waals surface area contributed by atoms with E-state index in [4.69, 9.17) is 16.3 Å². The van der Waals surface area contributed by atoms with Gasteiger partial charge < -0.3 is 10.1 Å². The maximum Gasteiger partial charge on any atom is 0.264 e. The number of methoxy groups -OCH3 is 1. The van der Waals surface area contributed by atoms with Crippen LogP contribution in [0.5, 0.6) is 5.75 Å². The van der Waals surface area contributed by atoms with Crippen molar-refractivity contribution in [2.24, 2.45) is 0 Å². The first-order valence-corrected chi connectivity index (χ1v) is 8.77. The van der Waals surface area contributed by atoms with Crippen LogP contribution in [0.25, 0.3) is 0 Å². The molecule has 0 radical (unpaired) electrons. The summed E-state index contributed by atoms with van der Waals surface area (Å²) >= 11 is 6.05. The van der Waals surface area contributed by atoms with E-state index in [-0.39, 0.29) is 10.8 Å². The van der Waals surface area contributed by atoms with E-state index in [9.17, 15) is 13.2 Å². The third-order valence-corrected chi connectivity index (χ3v) is 5.43. The summed E-state index contributed by atoms with van der Waals surface area (Å²) in [6, 6.07) is 10.7. The smallest absolute Gasteiger partial charge is 0.264 e. The first-order valence-electron chi connectivity index (χ1n) is 6.96. The number of benzene rings is 2. The van der Waals surface area contributed by atoms with E-state index in [1.165, 1.54) is 51.4 Å². The zero-order chi connectivity index (χ0) is 17.9. The molecule has 0 unspecified atom stereocenters. The van der Waals surface area contributed by atoms with Gasteiger partial charge in [-0.2, -0.15) is 0 Å². The Bertz CT molecular complexity index is 851. The molecule has 0 heterocycles. The molecule has 0 aromatic heterocycles. The number of nitrogens with zero attached hydrogens (tertiary/aromatic N) is 1. The predicted molar refractivity (Wildman–Crippen MR) is 94.3 cm³/mol. The molecule has 6 nitrogen and oxygen atoms in total. The lowest BCUT2D eigenvalue weighted by molar-refractivity contribution is -0.114. The van der Waals surface area contributed by atoms with Gasteiger partial charge in [-0.15, -0.1) is 0 Å². The summed E-state index contributed by atoms with van der Waals surface area (Å²) in [5.41, 5.74) is 0.934. The average molecular weight is 369 g/mol. The molecular formula is C16H17ClN2O4S. The molecule has 2 aromatic rings. The van der Waals surface area contributed by atoms with E-state index in [0.717, 1.165) is 4.31 Å². The summed E-state index contributed by atoms with van der Waals surface area (Å²) in [5, 5.41) is 2.90. The van der Waals surface area contributed by atoms with Crippen LogP contribution in [0.15, 0.2) is 47.4 Å². The number of ether oxygens (including phenoxy) is 1. The van der Waals surface area contributed by atoms with Gasteiger partial charge in [0.25, 0.3) is 10.0 Å². The van der Waals surface area contributed by atoms with E-state index in [2.05, 4.69) is 5.32 Å². The number of amides is 1. The molecule has 8 heteroatoms. The molecule has 0 saturated heterocycles. The second-order valence-corrected chi connectivity index (χ2v) is 7.37. The number of carbonyl (C=O) groups excluding carboxylic acids is 1. The van der Waals surface area contributed by atoms with Crippen molar-refractivity contribution in [1.29, 1.82) is 0 Å². The number of rotatable bonds is 5. The Balaban J connectivity index is 2.32. The van der Waals surface area contributed by atoms with Gasteiger partial charge in [0.05, 0.1) is 22.7 Å². The van der Waals surface area contributed by atoms with Crippen LogP contribution in [-0.2, 0) is 14.8 Å². The molecule has 0 fully saturated rings. The minimum Gasteiger partial charge on any atom is -0.495 e. The topological polar surface area (TPSA) is 75.7 Å². The number of hydrogen-bond acceptors (Lipinski definition) is 4. The van der Waals surface area contributed by atoms with Crippen LogP contribution in [-0.4, -0.2) is 28.5 Å². The van der Waals surface area contributed by atoms with Crippen molar-refractivity contribution in [2.45, 2.75) is 11.8 Å². The van der Waals surface area contributed by atoms with Gasteiger partial charge in [0.15, 0.2) is 0 Å².